The van der Waals surface area contributed by atoms with Gasteiger partial charge in [0, 0.05) is 0 Å². The predicted molar refractivity (Wildman–Crippen MR) is 64.7 cm³/mol. The fourth-order valence-corrected chi connectivity index (χ4v) is 2.19. The van der Waals surface area contributed by atoms with Crippen LogP contribution in [0.25, 0.3) is 0 Å². The summed E-state index contributed by atoms with van der Waals surface area (Å²) in [5.74, 6) is -2.75. The number of aliphatic hydroxyl groups is 1. The zero-order valence-electron chi connectivity index (χ0n) is 11.1. The number of allylic oxidation sites excluding steroid dienone is 1. The summed E-state index contributed by atoms with van der Waals surface area (Å²) in [6.07, 6.45) is 2.80. The van der Waals surface area contributed by atoms with E-state index in [-0.39, 0.29) is 13.2 Å². The molecule has 1 atom stereocenters. The molecule has 1 aliphatic rings. The Bertz CT molecular complexity index is 342. The zero-order valence-corrected chi connectivity index (χ0v) is 11.1. The van der Waals surface area contributed by atoms with Crippen LogP contribution in [0.15, 0.2) is 11.6 Å². The maximum atomic E-state index is 11.9. The van der Waals surface area contributed by atoms with Crippen LogP contribution in [0.3, 0.4) is 0 Å². The van der Waals surface area contributed by atoms with Crippen LogP contribution in [0.5, 0.6) is 0 Å². The van der Waals surface area contributed by atoms with Crippen molar-refractivity contribution in [2.75, 3.05) is 13.2 Å². The molecule has 1 unspecified atom stereocenters. The van der Waals surface area contributed by atoms with Crippen molar-refractivity contribution < 1.29 is 24.2 Å². The number of hydrogen-bond donors (Lipinski definition) is 1. The van der Waals surface area contributed by atoms with Crippen molar-refractivity contribution in [2.24, 2.45) is 5.92 Å². The molecule has 0 aromatic heterocycles. The van der Waals surface area contributed by atoms with E-state index in [0.717, 1.165) is 0 Å². The van der Waals surface area contributed by atoms with Gasteiger partial charge < -0.3 is 14.6 Å². The van der Waals surface area contributed by atoms with Crippen LogP contribution in [0.1, 0.15) is 33.6 Å². The van der Waals surface area contributed by atoms with Gasteiger partial charge in [-0.3, -0.25) is 9.59 Å². The van der Waals surface area contributed by atoms with Crippen molar-refractivity contribution in [3.8, 4) is 0 Å². The molecule has 0 aliphatic heterocycles. The first-order chi connectivity index (χ1) is 8.47. The van der Waals surface area contributed by atoms with E-state index in [1.54, 1.807) is 20.8 Å². The van der Waals surface area contributed by atoms with Gasteiger partial charge in [0.15, 0.2) is 5.92 Å². The summed E-state index contributed by atoms with van der Waals surface area (Å²) in [4.78, 5) is 23.8. The highest BCUT2D eigenvalue weighted by atomic mass is 16.6. The monoisotopic (exact) mass is 256 g/mol. The Balaban J connectivity index is 3.00. The molecular formula is C13H20O5. The van der Waals surface area contributed by atoms with Gasteiger partial charge in [-0.25, -0.2) is 0 Å². The van der Waals surface area contributed by atoms with E-state index in [4.69, 9.17) is 9.47 Å². The predicted octanol–water partition coefficient (Wildman–Crippen LogP) is 1.20. The SMILES string of the molecule is CCOC(=O)C(C(=O)OCC)C1(O)CCC=C1C. The largest absolute Gasteiger partial charge is 0.465 e. The summed E-state index contributed by atoms with van der Waals surface area (Å²) >= 11 is 0. The Hall–Kier alpha value is -1.36. The molecule has 102 valence electrons. The minimum atomic E-state index is -1.47. The van der Waals surface area contributed by atoms with Gasteiger partial charge in [-0.15, -0.1) is 0 Å². The highest BCUT2D eigenvalue weighted by Crippen LogP contribution is 2.37. The third kappa shape index (κ3) is 2.72. The summed E-state index contributed by atoms with van der Waals surface area (Å²) in [6.45, 7) is 5.34. The number of hydrogen-bond acceptors (Lipinski definition) is 5. The first-order valence-corrected chi connectivity index (χ1v) is 6.20. The Morgan fingerprint density at radius 3 is 2.17 bits per heavy atom. The first kappa shape index (κ1) is 14.7. The van der Waals surface area contributed by atoms with Crippen molar-refractivity contribution in [3.63, 3.8) is 0 Å². The molecule has 1 rings (SSSR count). The van der Waals surface area contributed by atoms with Crippen molar-refractivity contribution in [2.45, 2.75) is 39.2 Å². The Morgan fingerprint density at radius 1 is 1.33 bits per heavy atom. The van der Waals surface area contributed by atoms with Crippen molar-refractivity contribution >= 4 is 11.9 Å². The van der Waals surface area contributed by atoms with Crippen LogP contribution >= 0.6 is 0 Å². The molecule has 0 radical (unpaired) electrons. The molecule has 0 spiro atoms. The number of rotatable bonds is 5. The molecule has 0 fully saturated rings. The topological polar surface area (TPSA) is 72.8 Å². The summed E-state index contributed by atoms with van der Waals surface area (Å²) in [5.41, 5.74) is -0.855. The van der Waals surface area contributed by atoms with Crippen LogP contribution in [0.2, 0.25) is 0 Å². The lowest BCUT2D eigenvalue weighted by atomic mass is 9.82. The Labute approximate surface area is 107 Å². The van der Waals surface area contributed by atoms with Gasteiger partial charge in [0.2, 0.25) is 0 Å². The minimum absolute atomic E-state index is 0.160. The lowest BCUT2D eigenvalue weighted by Gasteiger charge is -2.30. The molecule has 0 heterocycles. The van der Waals surface area contributed by atoms with E-state index in [9.17, 15) is 14.7 Å². The molecule has 18 heavy (non-hydrogen) atoms. The second kappa shape index (κ2) is 6.00. The van der Waals surface area contributed by atoms with Crippen LogP contribution in [0, 0.1) is 5.92 Å². The van der Waals surface area contributed by atoms with E-state index < -0.39 is 23.5 Å². The quantitative estimate of drug-likeness (QED) is 0.454. The minimum Gasteiger partial charge on any atom is -0.465 e. The fourth-order valence-electron chi connectivity index (χ4n) is 2.19. The fraction of sp³-hybridized carbons (Fsp3) is 0.692. The number of carbonyl (C=O) groups is 2. The summed E-state index contributed by atoms with van der Waals surface area (Å²) < 4.78 is 9.74. The van der Waals surface area contributed by atoms with Crippen LogP contribution in [-0.2, 0) is 19.1 Å². The van der Waals surface area contributed by atoms with Gasteiger partial charge in [0.25, 0.3) is 0 Å². The lowest BCUT2D eigenvalue weighted by Crippen LogP contribution is -2.47. The van der Waals surface area contributed by atoms with Crippen LogP contribution in [0.4, 0.5) is 0 Å². The van der Waals surface area contributed by atoms with Gasteiger partial charge in [0.1, 0.15) is 5.60 Å². The Kier molecular flexibility index (Phi) is 4.90. The number of esters is 2. The molecule has 0 saturated carbocycles. The van der Waals surface area contributed by atoms with Gasteiger partial charge in [-0.05, 0) is 39.2 Å². The lowest BCUT2D eigenvalue weighted by molar-refractivity contribution is -0.172. The second-order valence-corrected chi connectivity index (χ2v) is 4.29. The van der Waals surface area contributed by atoms with E-state index in [1.165, 1.54) is 0 Å². The summed E-state index contributed by atoms with van der Waals surface area (Å²) in [7, 11) is 0. The maximum Gasteiger partial charge on any atom is 0.323 e. The van der Waals surface area contributed by atoms with E-state index >= 15 is 0 Å². The van der Waals surface area contributed by atoms with Crippen molar-refractivity contribution in [3.05, 3.63) is 11.6 Å². The molecule has 0 aromatic carbocycles. The highest BCUT2D eigenvalue weighted by Gasteiger charge is 2.50. The van der Waals surface area contributed by atoms with E-state index in [2.05, 4.69) is 0 Å². The maximum absolute atomic E-state index is 11.9. The van der Waals surface area contributed by atoms with Gasteiger partial charge in [-0.2, -0.15) is 0 Å². The number of carbonyl (C=O) groups excluding carboxylic acids is 2. The normalized spacial score (nSPS) is 22.8. The molecule has 1 N–H and O–H groups in total. The third-order valence-corrected chi connectivity index (χ3v) is 3.18. The summed E-state index contributed by atoms with van der Waals surface area (Å²) in [6, 6.07) is 0. The Morgan fingerprint density at radius 2 is 1.83 bits per heavy atom. The van der Waals surface area contributed by atoms with E-state index in [0.29, 0.717) is 18.4 Å². The molecule has 0 bridgehead atoms. The van der Waals surface area contributed by atoms with Gasteiger partial charge in [0.05, 0.1) is 13.2 Å². The smallest absolute Gasteiger partial charge is 0.323 e. The van der Waals surface area contributed by atoms with Gasteiger partial charge >= 0.3 is 11.9 Å². The molecule has 5 nitrogen and oxygen atoms in total. The molecular weight excluding hydrogens is 236 g/mol. The molecule has 0 saturated heterocycles. The van der Waals surface area contributed by atoms with Crippen molar-refractivity contribution in [1.82, 2.24) is 0 Å². The molecule has 0 aromatic rings. The standard InChI is InChI=1S/C13H20O5/c1-4-17-11(14)10(12(15)18-5-2)13(16)8-6-7-9(13)3/h7,10,16H,4-6,8H2,1-3H3. The summed E-state index contributed by atoms with van der Waals surface area (Å²) in [5, 5.41) is 10.5. The van der Waals surface area contributed by atoms with Gasteiger partial charge in [-0.1, -0.05) is 6.08 Å². The molecule has 0 amide bonds. The second-order valence-electron chi connectivity index (χ2n) is 4.29. The molecule has 5 heteroatoms. The van der Waals surface area contributed by atoms with Crippen molar-refractivity contribution in [1.29, 1.82) is 0 Å². The zero-order chi connectivity index (χ0) is 13.8. The first-order valence-electron chi connectivity index (χ1n) is 6.20. The van der Waals surface area contributed by atoms with Crippen LogP contribution in [-0.4, -0.2) is 35.9 Å². The third-order valence-electron chi connectivity index (χ3n) is 3.18. The van der Waals surface area contributed by atoms with Crippen LogP contribution < -0.4 is 0 Å². The van der Waals surface area contributed by atoms with E-state index in [1.807, 2.05) is 6.08 Å². The average Bonchev–Trinajstić information content (AvgIpc) is 2.60. The number of ether oxygens (including phenoxy) is 2. The molecule has 1 aliphatic carbocycles. The average molecular weight is 256 g/mol. The highest BCUT2D eigenvalue weighted by molar-refractivity contribution is 5.97.